The molecule has 6 nitrogen and oxygen atoms in total. The number of rotatable bonds is 7. The Bertz CT molecular complexity index is 427. The fourth-order valence-corrected chi connectivity index (χ4v) is 2.95. The van der Waals surface area contributed by atoms with E-state index in [1.807, 2.05) is 13.2 Å². The summed E-state index contributed by atoms with van der Waals surface area (Å²) in [6.45, 7) is 3.49. The van der Waals surface area contributed by atoms with Gasteiger partial charge in [-0.2, -0.15) is 5.10 Å². The van der Waals surface area contributed by atoms with E-state index in [2.05, 4.69) is 34.1 Å². The number of aromatic nitrogens is 2. The summed E-state index contributed by atoms with van der Waals surface area (Å²) in [5.41, 5.74) is 1.14. The normalized spacial score (nSPS) is 20.7. The van der Waals surface area contributed by atoms with Gasteiger partial charge in [0.1, 0.15) is 0 Å². The maximum atomic E-state index is 5.66. The highest BCUT2D eigenvalue weighted by Gasteiger charge is 2.30. The van der Waals surface area contributed by atoms with E-state index in [0.29, 0.717) is 5.92 Å². The van der Waals surface area contributed by atoms with E-state index in [1.165, 1.54) is 6.42 Å². The van der Waals surface area contributed by atoms with Crippen LogP contribution in [0.1, 0.15) is 24.6 Å². The second-order valence-corrected chi connectivity index (χ2v) is 5.87. The fourth-order valence-electron chi connectivity index (χ4n) is 2.95. The average Bonchev–Trinajstić information content (AvgIpc) is 2.90. The predicted octanol–water partition coefficient (Wildman–Crippen LogP) is 1.14. The average molecular weight is 296 g/mol. The quantitative estimate of drug-likeness (QED) is 0.818. The van der Waals surface area contributed by atoms with E-state index in [9.17, 15) is 0 Å². The molecule has 0 bridgehead atoms. The van der Waals surface area contributed by atoms with E-state index >= 15 is 0 Å². The molecule has 1 fully saturated rings. The Morgan fingerprint density at radius 2 is 2.38 bits per heavy atom. The van der Waals surface area contributed by atoms with Gasteiger partial charge in [0.2, 0.25) is 0 Å². The minimum absolute atomic E-state index is 0.213. The van der Waals surface area contributed by atoms with Gasteiger partial charge >= 0.3 is 0 Å². The van der Waals surface area contributed by atoms with Crippen LogP contribution < -0.4 is 10.1 Å². The third kappa shape index (κ3) is 3.96. The highest BCUT2D eigenvalue weighted by atomic mass is 16.5. The van der Waals surface area contributed by atoms with Crippen molar-refractivity contribution < 1.29 is 9.47 Å². The first-order valence-electron chi connectivity index (χ1n) is 7.66. The number of ether oxygens (including phenoxy) is 2. The van der Waals surface area contributed by atoms with Gasteiger partial charge < -0.3 is 19.7 Å². The van der Waals surface area contributed by atoms with Crippen molar-refractivity contribution in [2.75, 3.05) is 48.0 Å². The van der Waals surface area contributed by atoms with Crippen LogP contribution in [0.15, 0.2) is 6.20 Å². The van der Waals surface area contributed by atoms with Gasteiger partial charge in [-0.3, -0.25) is 4.68 Å². The van der Waals surface area contributed by atoms with Crippen LogP contribution in [0.2, 0.25) is 0 Å². The van der Waals surface area contributed by atoms with Crippen LogP contribution in [0, 0.1) is 5.92 Å². The molecule has 120 valence electrons. The van der Waals surface area contributed by atoms with Crippen LogP contribution in [-0.2, 0) is 11.3 Å². The molecular weight excluding hydrogens is 268 g/mol. The Balaban J connectivity index is 2.22. The largest absolute Gasteiger partial charge is 0.493 e. The van der Waals surface area contributed by atoms with Crippen molar-refractivity contribution in [3.05, 3.63) is 11.9 Å². The third-order valence-corrected chi connectivity index (χ3v) is 4.10. The van der Waals surface area contributed by atoms with Gasteiger partial charge in [-0.1, -0.05) is 0 Å². The molecule has 21 heavy (non-hydrogen) atoms. The smallest absolute Gasteiger partial charge is 0.161 e. The lowest BCUT2D eigenvalue weighted by Gasteiger charge is -2.31. The second kappa shape index (κ2) is 7.77. The Labute approximate surface area is 127 Å². The fraction of sp³-hybridized carbons (Fsp3) is 0.800. The highest BCUT2D eigenvalue weighted by molar-refractivity contribution is 5.29. The van der Waals surface area contributed by atoms with Crippen molar-refractivity contribution in [2.45, 2.75) is 25.4 Å². The monoisotopic (exact) mass is 296 g/mol. The molecule has 0 saturated carbocycles. The lowest BCUT2D eigenvalue weighted by atomic mass is 9.91. The molecule has 0 aromatic carbocycles. The Morgan fingerprint density at radius 1 is 1.57 bits per heavy atom. The SMILES string of the molecule is CNC(c1c(OC)cnn1CCN(C)C)C1CCCOC1. The van der Waals surface area contributed by atoms with Crippen molar-refractivity contribution in [1.29, 1.82) is 0 Å². The molecule has 1 aromatic rings. The maximum absolute atomic E-state index is 5.66. The third-order valence-electron chi connectivity index (χ3n) is 4.10. The number of nitrogens with one attached hydrogen (secondary N) is 1. The Morgan fingerprint density at radius 3 is 2.95 bits per heavy atom. The first-order valence-corrected chi connectivity index (χ1v) is 7.66. The van der Waals surface area contributed by atoms with Crippen LogP contribution in [-0.4, -0.2) is 62.7 Å². The van der Waals surface area contributed by atoms with E-state index in [1.54, 1.807) is 7.11 Å². The molecule has 1 saturated heterocycles. The number of likely N-dealkylation sites (N-methyl/N-ethyl adjacent to an activating group) is 1. The van der Waals surface area contributed by atoms with E-state index in [-0.39, 0.29) is 6.04 Å². The number of hydrogen-bond donors (Lipinski definition) is 1. The van der Waals surface area contributed by atoms with Crippen LogP contribution >= 0.6 is 0 Å². The summed E-state index contributed by atoms with van der Waals surface area (Å²) < 4.78 is 13.2. The van der Waals surface area contributed by atoms with Crippen LogP contribution in [0.4, 0.5) is 0 Å². The van der Waals surface area contributed by atoms with Crippen LogP contribution in [0.5, 0.6) is 5.75 Å². The minimum atomic E-state index is 0.213. The van der Waals surface area contributed by atoms with Gasteiger partial charge in [-0.05, 0) is 34.0 Å². The van der Waals surface area contributed by atoms with Crippen molar-refractivity contribution in [1.82, 2.24) is 20.0 Å². The zero-order valence-corrected chi connectivity index (χ0v) is 13.6. The minimum Gasteiger partial charge on any atom is -0.493 e. The van der Waals surface area contributed by atoms with E-state index < -0.39 is 0 Å². The van der Waals surface area contributed by atoms with Gasteiger partial charge in [0.15, 0.2) is 5.75 Å². The summed E-state index contributed by atoms with van der Waals surface area (Å²) in [4.78, 5) is 2.16. The standard InChI is InChI=1S/C15H28N4O2/c1-16-14(12-6-5-9-21-11-12)15-13(20-4)10-17-19(15)8-7-18(2)3/h10,12,14,16H,5-9,11H2,1-4H3. The Hall–Kier alpha value is -1.11. The van der Waals surface area contributed by atoms with Gasteiger partial charge in [-0.25, -0.2) is 0 Å². The van der Waals surface area contributed by atoms with E-state index in [0.717, 1.165) is 44.2 Å². The summed E-state index contributed by atoms with van der Waals surface area (Å²) in [5, 5.41) is 7.95. The predicted molar refractivity (Wildman–Crippen MR) is 82.7 cm³/mol. The molecule has 2 rings (SSSR count). The van der Waals surface area contributed by atoms with Crippen LogP contribution in [0.25, 0.3) is 0 Å². The molecule has 1 N–H and O–H groups in total. The first-order chi connectivity index (χ1) is 10.2. The molecule has 1 aliphatic rings. The molecule has 1 aliphatic heterocycles. The molecule has 6 heteroatoms. The van der Waals surface area contributed by atoms with Gasteiger partial charge in [-0.15, -0.1) is 0 Å². The van der Waals surface area contributed by atoms with Crippen molar-refractivity contribution >= 4 is 0 Å². The van der Waals surface area contributed by atoms with Gasteiger partial charge in [0, 0.05) is 19.1 Å². The zero-order chi connectivity index (χ0) is 15.2. The summed E-state index contributed by atoms with van der Waals surface area (Å²) >= 11 is 0. The van der Waals surface area contributed by atoms with Crippen molar-refractivity contribution in [3.8, 4) is 5.75 Å². The number of nitrogens with zero attached hydrogens (tertiary/aromatic N) is 3. The molecule has 2 unspecified atom stereocenters. The molecule has 0 radical (unpaired) electrons. The molecule has 0 aliphatic carbocycles. The molecule has 1 aromatic heterocycles. The summed E-state index contributed by atoms with van der Waals surface area (Å²) in [7, 11) is 7.86. The molecule has 2 heterocycles. The lowest BCUT2D eigenvalue weighted by molar-refractivity contribution is 0.0384. The summed E-state index contributed by atoms with van der Waals surface area (Å²) in [6.07, 6.45) is 4.11. The Kier molecular flexibility index (Phi) is 6.02. The van der Waals surface area contributed by atoms with Gasteiger partial charge in [0.05, 0.1) is 38.2 Å². The summed E-state index contributed by atoms with van der Waals surface area (Å²) in [5.74, 6) is 1.33. The van der Waals surface area contributed by atoms with Crippen LogP contribution in [0.3, 0.4) is 0 Å². The van der Waals surface area contributed by atoms with Crippen molar-refractivity contribution in [2.24, 2.45) is 5.92 Å². The molecular formula is C15H28N4O2. The highest BCUT2D eigenvalue weighted by Crippen LogP contribution is 2.33. The number of methoxy groups -OCH3 is 1. The number of hydrogen-bond acceptors (Lipinski definition) is 5. The van der Waals surface area contributed by atoms with Crippen molar-refractivity contribution in [3.63, 3.8) is 0 Å². The van der Waals surface area contributed by atoms with E-state index in [4.69, 9.17) is 9.47 Å². The maximum Gasteiger partial charge on any atom is 0.161 e. The molecule has 2 atom stereocenters. The molecule has 0 amide bonds. The second-order valence-electron chi connectivity index (χ2n) is 5.87. The zero-order valence-electron chi connectivity index (χ0n) is 13.6. The first kappa shape index (κ1) is 16.3. The topological polar surface area (TPSA) is 51.5 Å². The summed E-state index contributed by atoms with van der Waals surface area (Å²) in [6, 6.07) is 0.213. The lowest BCUT2D eigenvalue weighted by Crippen LogP contribution is -2.34. The van der Waals surface area contributed by atoms with Gasteiger partial charge in [0.25, 0.3) is 0 Å². The molecule has 0 spiro atoms.